The Kier molecular flexibility index (Phi) is 6.90. The fourth-order valence-corrected chi connectivity index (χ4v) is 5.01. The summed E-state index contributed by atoms with van der Waals surface area (Å²) in [6.07, 6.45) is 0. The van der Waals surface area contributed by atoms with Crippen LogP contribution in [0.2, 0.25) is 0 Å². The summed E-state index contributed by atoms with van der Waals surface area (Å²) >= 11 is 2.37. The molecule has 0 atom stereocenters. The van der Waals surface area contributed by atoms with Crippen molar-refractivity contribution in [1.82, 2.24) is 0 Å². The minimum atomic E-state index is -2.89. The number of hydrogen-bond acceptors (Lipinski definition) is 4. The third-order valence-corrected chi connectivity index (χ3v) is 6.53. The van der Waals surface area contributed by atoms with E-state index in [1.807, 2.05) is 0 Å². The molecule has 0 aliphatic heterocycles. The molecule has 2 rings (SSSR count). The SMILES string of the molecule is COc1cc(OC)c([I+]c2ccc(Br)cc2OC(F)F)c(OC)c1. The van der Waals surface area contributed by atoms with Crippen LogP contribution >= 0.6 is 15.9 Å². The molecule has 0 spiro atoms. The quantitative estimate of drug-likeness (QED) is 0.519. The van der Waals surface area contributed by atoms with Crippen LogP contribution in [0.3, 0.4) is 0 Å². The van der Waals surface area contributed by atoms with Gasteiger partial charge in [0.15, 0.2) is 17.2 Å². The molecule has 0 amide bonds. The van der Waals surface area contributed by atoms with Crippen LogP contribution in [0.25, 0.3) is 0 Å². The molecule has 2 aromatic rings. The molecule has 0 bridgehead atoms. The molecule has 0 aliphatic rings. The fourth-order valence-electron chi connectivity index (χ4n) is 1.90. The van der Waals surface area contributed by atoms with Crippen molar-refractivity contribution in [3.8, 4) is 23.0 Å². The third kappa shape index (κ3) is 4.62. The van der Waals surface area contributed by atoms with Crippen molar-refractivity contribution in [2.24, 2.45) is 0 Å². The molecule has 24 heavy (non-hydrogen) atoms. The molecule has 0 heterocycles. The highest BCUT2D eigenvalue weighted by atomic mass is 127. The van der Waals surface area contributed by atoms with E-state index in [4.69, 9.17) is 14.2 Å². The van der Waals surface area contributed by atoms with Gasteiger partial charge in [0.25, 0.3) is 3.57 Å². The first-order valence-corrected chi connectivity index (χ1v) is 9.62. The van der Waals surface area contributed by atoms with Crippen molar-refractivity contribution >= 4 is 15.9 Å². The van der Waals surface area contributed by atoms with E-state index in [0.29, 0.717) is 25.3 Å². The van der Waals surface area contributed by atoms with Gasteiger partial charge in [-0.05, 0) is 18.2 Å². The number of halogens is 4. The summed E-state index contributed by atoms with van der Waals surface area (Å²) in [5.41, 5.74) is 0. The van der Waals surface area contributed by atoms with Gasteiger partial charge in [0.2, 0.25) is 3.57 Å². The largest absolute Gasteiger partial charge is 0.496 e. The lowest BCUT2D eigenvalue weighted by atomic mass is 10.3. The maximum atomic E-state index is 12.7. The molecule has 0 aliphatic carbocycles. The Bertz CT molecular complexity index is 687. The number of hydrogen-bond donors (Lipinski definition) is 0. The summed E-state index contributed by atoms with van der Waals surface area (Å²) in [7, 11) is 4.63. The lowest BCUT2D eigenvalue weighted by Gasteiger charge is -2.09. The van der Waals surface area contributed by atoms with E-state index in [2.05, 4.69) is 20.7 Å². The molecular weight excluding hydrogens is 501 g/mol. The Labute approximate surface area is 157 Å². The molecule has 2 aromatic carbocycles. The molecule has 4 nitrogen and oxygen atoms in total. The topological polar surface area (TPSA) is 36.9 Å². The summed E-state index contributed by atoms with van der Waals surface area (Å²) in [4.78, 5) is 0. The zero-order valence-corrected chi connectivity index (χ0v) is 16.9. The second-order valence-corrected chi connectivity index (χ2v) is 8.09. The molecule has 0 fully saturated rings. The van der Waals surface area contributed by atoms with Gasteiger partial charge >= 0.3 is 27.8 Å². The number of alkyl halides is 2. The van der Waals surface area contributed by atoms with Crippen LogP contribution in [0.15, 0.2) is 34.8 Å². The Hall–Kier alpha value is -1.29. The van der Waals surface area contributed by atoms with E-state index in [1.54, 1.807) is 45.6 Å². The van der Waals surface area contributed by atoms with Gasteiger partial charge in [0.05, 0.1) is 21.3 Å². The monoisotopic (exact) mass is 515 g/mol. The second kappa shape index (κ2) is 8.70. The van der Waals surface area contributed by atoms with Crippen molar-refractivity contribution in [1.29, 1.82) is 0 Å². The third-order valence-electron chi connectivity index (χ3n) is 2.96. The van der Waals surface area contributed by atoms with Gasteiger partial charge in [0.1, 0.15) is 5.75 Å². The van der Waals surface area contributed by atoms with Gasteiger partial charge in [-0.25, -0.2) is 0 Å². The first kappa shape index (κ1) is 19.0. The van der Waals surface area contributed by atoms with Crippen molar-refractivity contribution in [2.45, 2.75) is 6.61 Å². The zero-order valence-electron chi connectivity index (χ0n) is 13.1. The highest BCUT2D eigenvalue weighted by Gasteiger charge is 2.31. The molecule has 0 saturated heterocycles. The van der Waals surface area contributed by atoms with E-state index < -0.39 is 27.8 Å². The lowest BCUT2D eigenvalue weighted by molar-refractivity contribution is -0.599. The molecule has 130 valence electrons. The summed E-state index contributed by atoms with van der Waals surface area (Å²) < 4.78 is 48.2. The highest BCUT2D eigenvalue weighted by Crippen LogP contribution is 2.28. The predicted molar refractivity (Wildman–Crippen MR) is 84.3 cm³/mol. The first-order valence-electron chi connectivity index (χ1n) is 6.67. The standard InChI is InChI=1S/C16H15BrF2IO4/c1-21-10-7-13(22-2)15(14(8-10)23-3)20-11-5-4-9(17)6-12(11)24-16(18)19/h4-8,16H,1-3H3/q+1. The van der Waals surface area contributed by atoms with Gasteiger partial charge in [-0.15, -0.1) is 0 Å². The molecule has 0 radical (unpaired) electrons. The van der Waals surface area contributed by atoms with Gasteiger partial charge in [-0.3, -0.25) is 0 Å². The average Bonchev–Trinajstić information content (AvgIpc) is 2.56. The zero-order chi connectivity index (χ0) is 17.7. The second-order valence-electron chi connectivity index (χ2n) is 4.39. The van der Waals surface area contributed by atoms with Crippen molar-refractivity contribution in [3.63, 3.8) is 0 Å². The predicted octanol–water partition coefficient (Wildman–Crippen LogP) is 1.20. The summed E-state index contributed by atoms with van der Waals surface area (Å²) in [6, 6.07) is 8.56. The van der Waals surface area contributed by atoms with E-state index in [0.717, 1.165) is 3.57 Å². The van der Waals surface area contributed by atoms with Gasteiger partial charge in [-0.1, -0.05) is 15.9 Å². The van der Waals surface area contributed by atoms with Crippen LogP contribution in [0, 0.1) is 7.14 Å². The van der Waals surface area contributed by atoms with Crippen molar-refractivity contribution < 1.29 is 48.9 Å². The van der Waals surface area contributed by atoms with Crippen LogP contribution in [0.5, 0.6) is 23.0 Å². The minimum Gasteiger partial charge on any atom is -0.496 e. The number of methoxy groups -OCH3 is 3. The summed E-state index contributed by atoms with van der Waals surface area (Å²) in [5.74, 6) is 1.92. The van der Waals surface area contributed by atoms with Crippen LogP contribution in [-0.2, 0) is 0 Å². The molecular formula is C16H15BrF2IO4+. The van der Waals surface area contributed by atoms with Crippen LogP contribution in [0.1, 0.15) is 0 Å². The van der Waals surface area contributed by atoms with Crippen LogP contribution in [-0.4, -0.2) is 27.9 Å². The van der Waals surface area contributed by atoms with E-state index >= 15 is 0 Å². The minimum absolute atomic E-state index is 0.145. The normalized spacial score (nSPS) is 10.6. The first-order chi connectivity index (χ1) is 11.5. The number of benzene rings is 2. The van der Waals surface area contributed by atoms with Crippen LogP contribution < -0.4 is 40.2 Å². The molecule has 0 saturated carbocycles. The Morgan fingerprint density at radius 1 is 0.917 bits per heavy atom. The smallest absolute Gasteiger partial charge is 0.387 e. The molecule has 0 aromatic heterocycles. The van der Waals surface area contributed by atoms with Gasteiger partial charge in [0, 0.05) is 16.6 Å². The Morgan fingerprint density at radius 2 is 1.54 bits per heavy atom. The molecule has 8 heteroatoms. The molecule has 0 unspecified atom stereocenters. The molecule has 0 N–H and O–H groups in total. The van der Waals surface area contributed by atoms with Crippen molar-refractivity contribution in [3.05, 3.63) is 41.9 Å². The average molecular weight is 516 g/mol. The number of ether oxygens (including phenoxy) is 4. The Balaban J connectivity index is 2.47. The summed E-state index contributed by atoms with van der Waals surface area (Å²) in [5, 5.41) is 0. The summed E-state index contributed by atoms with van der Waals surface area (Å²) in [6.45, 7) is -2.89. The van der Waals surface area contributed by atoms with E-state index in [1.165, 1.54) is 6.07 Å². The Morgan fingerprint density at radius 3 is 2.04 bits per heavy atom. The lowest BCUT2D eigenvalue weighted by Crippen LogP contribution is -3.61. The fraction of sp³-hybridized carbons (Fsp3) is 0.250. The highest BCUT2D eigenvalue weighted by molar-refractivity contribution is 9.10. The van der Waals surface area contributed by atoms with E-state index in [-0.39, 0.29) is 5.75 Å². The maximum Gasteiger partial charge on any atom is 0.387 e. The van der Waals surface area contributed by atoms with Crippen LogP contribution in [0.4, 0.5) is 8.78 Å². The maximum absolute atomic E-state index is 12.7. The van der Waals surface area contributed by atoms with Gasteiger partial charge < -0.3 is 18.9 Å². The van der Waals surface area contributed by atoms with Crippen molar-refractivity contribution in [2.75, 3.05) is 21.3 Å². The van der Waals surface area contributed by atoms with Gasteiger partial charge in [-0.2, -0.15) is 8.78 Å². The van der Waals surface area contributed by atoms with E-state index in [9.17, 15) is 8.78 Å². The number of rotatable bonds is 7.